The summed E-state index contributed by atoms with van der Waals surface area (Å²) in [4.78, 5) is 26.4. The molecule has 1 aliphatic heterocycles. The number of carbonyl (C=O) groups excluding carboxylic acids is 2. The van der Waals surface area contributed by atoms with Gasteiger partial charge in [0.2, 0.25) is 5.91 Å². The van der Waals surface area contributed by atoms with E-state index in [2.05, 4.69) is 26.6 Å². The predicted molar refractivity (Wildman–Crippen MR) is 114 cm³/mol. The largest absolute Gasteiger partial charge is 0.494 e. The number of para-hydroxylation sites is 2. The third-order valence-corrected chi connectivity index (χ3v) is 4.94. The van der Waals surface area contributed by atoms with Crippen molar-refractivity contribution in [3.63, 3.8) is 0 Å². The Labute approximate surface area is 173 Å². The first-order chi connectivity index (χ1) is 13.6. The van der Waals surface area contributed by atoms with Gasteiger partial charge in [-0.15, -0.1) is 0 Å². The van der Waals surface area contributed by atoms with Crippen LogP contribution in [-0.4, -0.2) is 36.5 Å². The van der Waals surface area contributed by atoms with Crippen LogP contribution >= 0.6 is 15.9 Å². The molecule has 7 heteroatoms. The Morgan fingerprint density at radius 1 is 1.00 bits per heavy atom. The number of nitrogens with one attached hydrogen (secondary N) is 2. The molecular weight excluding hydrogens is 422 g/mol. The zero-order valence-electron chi connectivity index (χ0n) is 15.6. The molecule has 2 aromatic rings. The standard InChI is InChI=1S/C21H24BrN3O3/c22-16-7-5-8-17(15-16)28-14-6-11-20(26)23-18-9-1-2-10-19(18)24-21(27)25-12-3-4-13-25/h1-2,5,7-10,15H,3-4,6,11-14H2,(H,23,26)(H,24,27). The fourth-order valence-corrected chi connectivity index (χ4v) is 3.39. The van der Waals surface area contributed by atoms with Gasteiger partial charge in [0.15, 0.2) is 0 Å². The molecule has 0 spiro atoms. The highest BCUT2D eigenvalue weighted by Crippen LogP contribution is 2.23. The number of hydrogen-bond donors (Lipinski definition) is 2. The average Bonchev–Trinajstić information content (AvgIpc) is 3.22. The summed E-state index contributed by atoms with van der Waals surface area (Å²) in [6, 6.07) is 14.7. The second-order valence-electron chi connectivity index (χ2n) is 6.63. The molecule has 1 saturated heterocycles. The zero-order chi connectivity index (χ0) is 19.8. The second kappa shape index (κ2) is 10.1. The number of likely N-dealkylation sites (tertiary alicyclic amines) is 1. The Hall–Kier alpha value is -2.54. The lowest BCUT2D eigenvalue weighted by Gasteiger charge is -2.18. The van der Waals surface area contributed by atoms with Gasteiger partial charge in [-0.2, -0.15) is 0 Å². The van der Waals surface area contributed by atoms with Gasteiger partial charge in [-0.25, -0.2) is 4.79 Å². The SMILES string of the molecule is O=C(CCCOc1cccc(Br)c1)Nc1ccccc1NC(=O)N1CCCC1. The summed E-state index contributed by atoms with van der Waals surface area (Å²) in [5, 5.41) is 5.77. The molecular formula is C21H24BrN3O3. The average molecular weight is 446 g/mol. The maximum atomic E-state index is 12.3. The molecule has 1 aliphatic rings. The summed E-state index contributed by atoms with van der Waals surface area (Å²) in [7, 11) is 0. The first-order valence-electron chi connectivity index (χ1n) is 9.45. The Morgan fingerprint density at radius 3 is 2.43 bits per heavy atom. The highest BCUT2D eigenvalue weighted by Gasteiger charge is 2.18. The molecule has 0 bridgehead atoms. The number of urea groups is 1. The lowest BCUT2D eigenvalue weighted by Crippen LogP contribution is -2.32. The zero-order valence-corrected chi connectivity index (χ0v) is 17.2. The molecule has 0 unspecified atom stereocenters. The molecule has 3 amide bonds. The van der Waals surface area contributed by atoms with Crippen LogP contribution in [0.5, 0.6) is 5.75 Å². The van der Waals surface area contributed by atoms with Crippen molar-refractivity contribution in [1.82, 2.24) is 4.90 Å². The topological polar surface area (TPSA) is 70.7 Å². The minimum atomic E-state index is -0.123. The fourth-order valence-electron chi connectivity index (χ4n) is 3.01. The highest BCUT2D eigenvalue weighted by molar-refractivity contribution is 9.10. The van der Waals surface area contributed by atoms with E-state index >= 15 is 0 Å². The first-order valence-corrected chi connectivity index (χ1v) is 10.2. The molecule has 2 N–H and O–H groups in total. The maximum absolute atomic E-state index is 12.3. The Bertz CT molecular complexity index is 822. The Kier molecular flexibility index (Phi) is 7.31. The van der Waals surface area contributed by atoms with E-state index in [-0.39, 0.29) is 11.9 Å². The van der Waals surface area contributed by atoms with Crippen LogP contribution in [-0.2, 0) is 4.79 Å². The van der Waals surface area contributed by atoms with Gasteiger partial charge in [-0.3, -0.25) is 4.79 Å². The summed E-state index contributed by atoms with van der Waals surface area (Å²) in [6.07, 6.45) is 3.00. The molecule has 0 radical (unpaired) electrons. The van der Waals surface area contributed by atoms with Gasteiger partial charge >= 0.3 is 6.03 Å². The third-order valence-electron chi connectivity index (χ3n) is 4.45. The molecule has 148 valence electrons. The predicted octanol–water partition coefficient (Wildman–Crippen LogP) is 4.87. The fraction of sp³-hybridized carbons (Fsp3) is 0.333. The molecule has 2 aromatic carbocycles. The molecule has 0 atom stereocenters. The minimum Gasteiger partial charge on any atom is -0.494 e. The van der Waals surface area contributed by atoms with E-state index in [1.807, 2.05) is 36.4 Å². The van der Waals surface area contributed by atoms with Crippen LogP contribution in [0.4, 0.5) is 16.2 Å². The van der Waals surface area contributed by atoms with E-state index < -0.39 is 0 Å². The summed E-state index contributed by atoms with van der Waals surface area (Å²) in [5.74, 6) is 0.658. The van der Waals surface area contributed by atoms with Gasteiger partial charge < -0.3 is 20.3 Å². The molecule has 0 aliphatic carbocycles. The van der Waals surface area contributed by atoms with Gasteiger partial charge in [-0.05, 0) is 49.6 Å². The van der Waals surface area contributed by atoms with E-state index in [1.165, 1.54) is 0 Å². The minimum absolute atomic E-state index is 0.110. The van der Waals surface area contributed by atoms with Crippen molar-refractivity contribution >= 4 is 39.2 Å². The van der Waals surface area contributed by atoms with Crippen LogP contribution < -0.4 is 15.4 Å². The Morgan fingerprint density at radius 2 is 1.71 bits per heavy atom. The van der Waals surface area contributed by atoms with Crippen LogP contribution in [0.25, 0.3) is 0 Å². The number of nitrogens with zero attached hydrogens (tertiary/aromatic N) is 1. The van der Waals surface area contributed by atoms with E-state index in [4.69, 9.17) is 4.74 Å². The molecule has 3 rings (SSSR count). The van der Waals surface area contributed by atoms with E-state index in [1.54, 1.807) is 17.0 Å². The highest BCUT2D eigenvalue weighted by atomic mass is 79.9. The number of amides is 3. The lowest BCUT2D eigenvalue weighted by atomic mass is 10.2. The number of halogens is 1. The van der Waals surface area contributed by atoms with Gasteiger partial charge in [0.05, 0.1) is 18.0 Å². The quantitative estimate of drug-likeness (QED) is 0.596. The van der Waals surface area contributed by atoms with Crippen molar-refractivity contribution in [2.45, 2.75) is 25.7 Å². The number of rotatable bonds is 7. The molecule has 28 heavy (non-hydrogen) atoms. The third kappa shape index (κ3) is 5.99. The summed E-state index contributed by atoms with van der Waals surface area (Å²) in [6.45, 7) is 2.01. The van der Waals surface area contributed by atoms with Crippen LogP contribution in [0.2, 0.25) is 0 Å². The molecule has 1 heterocycles. The van der Waals surface area contributed by atoms with Gasteiger partial charge in [-0.1, -0.05) is 34.1 Å². The smallest absolute Gasteiger partial charge is 0.321 e. The summed E-state index contributed by atoms with van der Waals surface area (Å²) < 4.78 is 6.60. The summed E-state index contributed by atoms with van der Waals surface area (Å²) in [5.41, 5.74) is 1.21. The van der Waals surface area contributed by atoms with Crippen LogP contribution in [0.1, 0.15) is 25.7 Å². The second-order valence-corrected chi connectivity index (χ2v) is 7.54. The van der Waals surface area contributed by atoms with Crippen LogP contribution in [0.15, 0.2) is 53.0 Å². The van der Waals surface area contributed by atoms with Crippen molar-refractivity contribution in [2.75, 3.05) is 30.3 Å². The Balaban J connectivity index is 1.46. The molecule has 1 fully saturated rings. The van der Waals surface area contributed by atoms with E-state index in [0.717, 1.165) is 36.2 Å². The monoisotopic (exact) mass is 445 g/mol. The number of carbonyl (C=O) groups is 2. The van der Waals surface area contributed by atoms with E-state index in [9.17, 15) is 9.59 Å². The number of anilines is 2. The first kappa shape index (κ1) is 20.2. The van der Waals surface area contributed by atoms with E-state index in [0.29, 0.717) is 30.8 Å². The van der Waals surface area contributed by atoms with Gasteiger partial charge in [0, 0.05) is 24.0 Å². The molecule has 6 nitrogen and oxygen atoms in total. The van der Waals surface area contributed by atoms with Crippen molar-refractivity contribution in [2.24, 2.45) is 0 Å². The van der Waals surface area contributed by atoms with Crippen LogP contribution in [0.3, 0.4) is 0 Å². The number of hydrogen-bond acceptors (Lipinski definition) is 3. The number of ether oxygens (including phenoxy) is 1. The van der Waals surface area contributed by atoms with Crippen molar-refractivity contribution in [3.8, 4) is 5.75 Å². The summed E-state index contributed by atoms with van der Waals surface area (Å²) >= 11 is 3.40. The molecule has 0 saturated carbocycles. The number of benzene rings is 2. The normalized spacial score (nSPS) is 13.2. The van der Waals surface area contributed by atoms with Crippen molar-refractivity contribution < 1.29 is 14.3 Å². The van der Waals surface area contributed by atoms with Crippen molar-refractivity contribution in [1.29, 1.82) is 0 Å². The lowest BCUT2D eigenvalue weighted by molar-refractivity contribution is -0.116. The van der Waals surface area contributed by atoms with Gasteiger partial charge in [0.25, 0.3) is 0 Å². The maximum Gasteiger partial charge on any atom is 0.321 e. The molecule has 0 aromatic heterocycles. The van der Waals surface area contributed by atoms with Gasteiger partial charge in [0.1, 0.15) is 5.75 Å². The van der Waals surface area contributed by atoms with Crippen molar-refractivity contribution in [3.05, 3.63) is 53.0 Å². The van der Waals surface area contributed by atoms with Crippen LogP contribution in [0, 0.1) is 0 Å².